The van der Waals surface area contributed by atoms with E-state index in [4.69, 9.17) is 13.8 Å². The molecule has 1 fully saturated rings. The molecule has 0 aliphatic carbocycles. The first-order valence-electron chi connectivity index (χ1n) is 10.3. The van der Waals surface area contributed by atoms with E-state index in [9.17, 15) is 24.1 Å². The second-order valence-corrected chi connectivity index (χ2v) is 10.5. The Bertz CT molecular complexity index is 1220. The summed E-state index contributed by atoms with van der Waals surface area (Å²) in [5, 5.41) is 12.9. The van der Waals surface area contributed by atoms with Crippen molar-refractivity contribution in [2.45, 2.75) is 44.0 Å². The summed E-state index contributed by atoms with van der Waals surface area (Å²) in [7, 11) is -3.16. The number of esters is 1. The normalized spacial score (nSPS) is 26.6. The molecule has 0 spiro atoms. The van der Waals surface area contributed by atoms with Crippen LogP contribution in [0.1, 0.15) is 20.1 Å². The molecule has 35 heavy (non-hydrogen) atoms. The number of hydrogen-bond donors (Lipinski definition) is 3. The summed E-state index contributed by atoms with van der Waals surface area (Å²) >= 11 is 3.26. The van der Waals surface area contributed by atoms with Gasteiger partial charge in [-0.05, 0) is 38.1 Å². The van der Waals surface area contributed by atoms with Crippen LogP contribution in [0, 0.1) is 0 Å². The average Bonchev–Trinajstić information content (AvgIpc) is 3.02. The number of benzene rings is 1. The van der Waals surface area contributed by atoms with Crippen LogP contribution in [0.2, 0.25) is 0 Å². The van der Waals surface area contributed by atoms with Gasteiger partial charge < -0.3 is 19.1 Å². The lowest BCUT2D eigenvalue weighted by atomic mass is 9.98. The number of aromatic nitrogens is 2. The molecule has 2 heterocycles. The lowest BCUT2D eigenvalue weighted by molar-refractivity contribution is -0.142. The fourth-order valence-electron chi connectivity index (χ4n) is 3.32. The van der Waals surface area contributed by atoms with Gasteiger partial charge in [-0.2, -0.15) is 5.09 Å². The number of hydrogen-bond acceptors (Lipinski definition) is 9. The Kier molecular flexibility index (Phi) is 8.35. The van der Waals surface area contributed by atoms with Crippen LogP contribution in [-0.2, 0) is 23.4 Å². The molecule has 192 valence electrons. The van der Waals surface area contributed by atoms with Crippen molar-refractivity contribution in [3.05, 3.63) is 61.8 Å². The molecule has 0 bridgehead atoms. The van der Waals surface area contributed by atoms with Crippen molar-refractivity contribution >= 4 is 29.6 Å². The third kappa shape index (κ3) is 6.26. The number of carbonyl (C=O) groups is 1. The van der Waals surface area contributed by atoms with E-state index < -0.39 is 61.7 Å². The molecule has 0 saturated carbocycles. The molecular formula is C20H24BrFN3O9P. The number of ether oxygens (including phenoxy) is 2. The Morgan fingerprint density at radius 3 is 2.63 bits per heavy atom. The number of nitrogens with zero attached hydrogens (tertiary/aromatic N) is 1. The Morgan fingerprint density at radius 2 is 2.03 bits per heavy atom. The molecule has 12 nitrogen and oxygen atoms in total. The molecule has 0 radical (unpaired) electrons. The number of aromatic amines is 1. The Labute approximate surface area is 207 Å². The van der Waals surface area contributed by atoms with Crippen LogP contribution in [0.4, 0.5) is 4.39 Å². The minimum absolute atomic E-state index is 0.127. The van der Waals surface area contributed by atoms with Gasteiger partial charge in [0.25, 0.3) is 5.56 Å². The van der Waals surface area contributed by atoms with Gasteiger partial charge in [-0.25, -0.2) is 13.8 Å². The van der Waals surface area contributed by atoms with Gasteiger partial charge >= 0.3 is 19.4 Å². The smallest absolute Gasteiger partial charge is 0.459 e. The van der Waals surface area contributed by atoms with Gasteiger partial charge in [0, 0.05) is 16.7 Å². The number of aliphatic hydroxyl groups is 1. The molecule has 15 heteroatoms. The molecule has 1 aliphatic heterocycles. The fraction of sp³-hybridized carbons (Fsp3) is 0.450. The summed E-state index contributed by atoms with van der Waals surface area (Å²) in [6, 6.07) is 6.10. The van der Waals surface area contributed by atoms with Crippen LogP contribution in [-0.4, -0.2) is 58.3 Å². The van der Waals surface area contributed by atoms with Gasteiger partial charge in [0.05, 0.1) is 13.7 Å². The van der Waals surface area contributed by atoms with Crippen LogP contribution >= 0.6 is 23.7 Å². The van der Waals surface area contributed by atoms with Gasteiger partial charge in [0.15, 0.2) is 11.9 Å². The van der Waals surface area contributed by atoms with Crippen LogP contribution in [0.5, 0.6) is 5.75 Å². The molecule has 0 amide bonds. The SMILES string of the molecule is COC(=O)[C@H](C)NP(=O)(OC[C@H]1O[C@@H](n2ccc(=O)[nH]c2=O)[C@](C)(F)[C@@H]1O)Oc1ccc(Br)cc1. The highest BCUT2D eigenvalue weighted by atomic mass is 79.9. The summed E-state index contributed by atoms with van der Waals surface area (Å²) in [5.74, 6) is -0.624. The van der Waals surface area contributed by atoms with E-state index in [1.807, 2.05) is 4.98 Å². The maximum Gasteiger partial charge on any atom is 0.459 e. The van der Waals surface area contributed by atoms with Crippen molar-refractivity contribution in [3.63, 3.8) is 0 Å². The van der Waals surface area contributed by atoms with Gasteiger partial charge in [0.2, 0.25) is 0 Å². The number of methoxy groups -OCH3 is 1. The number of rotatable bonds is 9. The highest BCUT2D eigenvalue weighted by molar-refractivity contribution is 9.10. The molecule has 2 aromatic rings. The van der Waals surface area contributed by atoms with E-state index in [0.717, 1.165) is 35.3 Å². The zero-order valence-electron chi connectivity index (χ0n) is 18.8. The van der Waals surface area contributed by atoms with E-state index in [0.29, 0.717) is 0 Å². The predicted molar refractivity (Wildman–Crippen MR) is 124 cm³/mol. The average molecular weight is 580 g/mol. The largest absolute Gasteiger partial charge is 0.468 e. The van der Waals surface area contributed by atoms with E-state index in [1.54, 1.807) is 12.1 Å². The Balaban J connectivity index is 1.81. The number of aliphatic hydroxyl groups excluding tert-OH is 1. The Morgan fingerprint density at radius 1 is 1.37 bits per heavy atom. The van der Waals surface area contributed by atoms with Crippen LogP contribution in [0.3, 0.4) is 0 Å². The lowest BCUT2D eigenvalue weighted by Crippen LogP contribution is -2.43. The van der Waals surface area contributed by atoms with Crippen molar-refractivity contribution in [1.82, 2.24) is 14.6 Å². The lowest BCUT2D eigenvalue weighted by Gasteiger charge is -2.25. The molecule has 1 aliphatic rings. The number of nitrogens with one attached hydrogen (secondary N) is 2. The highest BCUT2D eigenvalue weighted by Crippen LogP contribution is 2.47. The van der Waals surface area contributed by atoms with Crippen molar-refractivity contribution in [3.8, 4) is 5.75 Å². The number of H-pyrrole nitrogens is 1. The topological polar surface area (TPSA) is 158 Å². The monoisotopic (exact) mass is 579 g/mol. The first-order valence-corrected chi connectivity index (χ1v) is 12.6. The van der Waals surface area contributed by atoms with Gasteiger partial charge in [-0.1, -0.05) is 15.9 Å². The summed E-state index contributed by atoms with van der Waals surface area (Å²) in [6.45, 7) is 1.73. The second kappa shape index (κ2) is 10.7. The van der Waals surface area contributed by atoms with Crippen LogP contribution in [0.25, 0.3) is 0 Å². The third-order valence-electron chi connectivity index (χ3n) is 5.18. The first kappa shape index (κ1) is 27.2. The summed E-state index contributed by atoms with van der Waals surface area (Å²) in [5.41, 5.74) is -4.13. The fourth-order valence-corrected chi connectivity index (χ4v) is 5.09. The van der Waals surface area contributed by atoms with Crippen molar-refractivity contribution in [2.24, 2.45) is 0 Å². The van der Waals surface area contributed by atoms with Crippen molar-refractivity contribution in [1.29, 1.82) is 0 Å². The molecule has 6 atom stereocenters. The molecular weight excluding hydrogens is 556 g/mol. The quantitative estimate of drug-likeness (QED) is 0.294. The number of carbonyl (C=O) groups excluding carboxylic acids is 1. The van der Waals surface area contributed by atoms with Crippen molar-refractivity contribution < 1.29 is 37.4 Å². The van der Waals surface area contributed by atoms with Crippen LogP contribution in [0.15, 0.2) is 50.6 Å². The van der Waals surface area contributed by atoms with E-state index in [-0.39, 0.29) is 5.75 Å². The van der Waals surface area contributed by atoms with Crippen LogP contribution < -0.4 is 20.9 Å². The van der Waals surface area contributed by atoms with Gasteiger partial charge in [0.1, 0.15) is 24.0 Å². The van der Waals surface area contributed by atoms with Gasteiger partial charge in [-0.15, -0.1) is 0 Å². The zero-order chi connectivity index (χ0) is 26.0. The third-order valence-corrected chi connectivity index (χ3v) is 7.35. The summed E-state index contributed by atoms with van der Waals surface area (Å²) in [4.78, 5) is 37.3. The summed E-state index contributed by atoms with van der Waals surface area (Å²) in [6.07, 6.45) is -3.80. The molecule has 1 saturated heterocycles. The highest BCUT2D eigenvalue weighted by Gasteiger charge is 2.55. The standard InChI is InChI=1S/C20H24BrFN3O9P/c1-11(17(28)31-3)24-35(30,34-13-6-4-12(21)5-7-13)32-10-14-16(27)20(2,22)18(33-14)25-9-8-15(26)23-19(25)29/h4-9,11,14,16,18,27H,10H2,1-3H3,(H,24,30)(H,23,26,29)/t11-,14+,16+,18+,20+,35?/m0/s1. The van der Waals surface area contributed by atoms with E-state index >= 15 is 4.39 Å². The minimum atomic E-state index is -4.30. The molecule has 3 rings (SSSR count). The van der Waals surface area contributed by atoms with Gasteiger partial charge in [-0.3, -0.25) is 23.7 Å². The zero-order valence-corrected chi connectivity index (χ0v) is 21.3. The molecule has 3 N–H and O–H groups in total. The predicted octanol–water partition coefficient (Wildman–Crippen LogP) is 1.64. The van der Waals surface area contributed by atoms with Crippen molar-refractivity contribution in [2.75, 3.05) is 13.7 Å². The molecule has 1 unspecified atom stereocenters. The minimum Gasteiger partial charge on any atom is -0.468 e. The van der Waals surface area contributed by atoms with E-state index in [2.05, 4.69) is 25.8 Å². The van der Waals surface area contributed by atoms with E-state index in [1.165, 1.54) is 19.1 Å². The molecule has 1 aromatic heterocycles. The Hall–Kier alpha value is -2.35. The maximum atomic E-state index is 15.4. The maximum absolute atomic E-state index is 15.4. The number of halogens is 2. The second-order valence-electron chi connectivity index (χ2n) is 7.85. The summed E-state index contributed by atoms with van der Waals surface area (Å²) < 4.78 is 51.4. The molecule has 1 aromatic carbocycles. The first-order chi connectivity index (χ1) is 16.4. The number of alkyl halides is 1.